The van der Waals surface area contributed by atoms with Gasteiger partial charge < -0.3 is 0 Å². The van der Waals surface area contributed by atoms with Gasteiger partial charge >= 0.3 is 0 Å². The van der Waals surface area contributed by atoms with Crippen LogP contribution in [0.4, 0.5) is 5.69 Å². The molecule has 0 amide bonds. The molecular formula is C15H16N4S. The first-order valence-electron chi connectivity index (χ1n) is 6.44. The zero-order valence-electron chi connectivity index (χ0n) is 11.7. The largest absolute Gasteiger partial charge is 0.286 e. The van der Waals surface area contributed by atoms with E-state index in [0.717, 1.165) is 22.0 Å². The summed E-state index contributed by atoms with van der Waals surface area (Å²) in [6.07, 6.45) is 1.83. The van der Waals surface area contributed by atoms with Gasteiger partial charge in [-0.3, -0.25) is 9.83 Å². The van der Waals surface area contributed by atoms with Gasteiger partial charge in [0.05, 0.1) is 23.3 Å². The average molecular weight is 284 g/mol. The number of fused-ring (bicyclic) bond motifs is 1. The van der Waals surface area contributed by atoms with Crippen LogP contribution in [0.5, 0.6) is 0 Å². The number of hydrogen-bond donors (Lipinski definition) is 1. The van der Waals surface area contributed by atoms with Gasteiger partial charge in [-0.05, 0) is 32.4 Å². The van der Waals surface area contributed by atoms with Gasteiger partial charge in [0.1, 0.15) is 0 Å². The Morgan fingerprint density at radius 3 is 2.85 bits per heavy atom. The molecule has 0 radical (unpaired) electrons. The third-order valence-corrected chi connectivity index (χ3v) is 4.21. The van der Waals surface area contributed by atoms with E-state index in [-0.39, 0.29) is 0 Å². The number of hydrogen-bond acceptors (Lipinski definition) is 4. The lowest BCUT2D eigenvalue weighted by Gasteiger charge is -2.03. The smallest absolute Gasteiger partial charge is 0.194 e. The van der Waals surface area contributed by atoms with Crippen LogP contribution >= 0.6 is 11.3 Å². The highest BCUT2D eigenvalue weighted by Crippen LogP contribution is 2.19. The summed E-state index contributed by atoms with van der Waals surface area (Å²) in [4.78, 5) is 5.55. The summed E-state index contributed by atoms with van der Waals surface area (Å²) in [5.74, 6) is 0. The van der Waals surface area contributed by atoms with Gasteiger partial charge in [-0.25, -0.2) is 4.98 Å². The molecule has 0 aliphatic rings. The topological polar surface area (TPSA) is 41.7 Å². The van der Waals surface area contributed by atoms with Crippen molar-refractivity contribution in [2.24, 2.45) is 5.10 Å². The fraction of sp³-hybridized carbons (Fsp3) is 0.200. The lowest BCUT2D eigenvalue weighted by molar-refractivity contribution is 1.11. The van der Waals surface area contributed by atoms with E-state index >= 15 is 0 Å². The maximum Gasteiger partial charge on any atom is 0.194 e. The molecule has 0 atom stereocenters. The zero-order valence-corrected chi connectivity index (χ0v) is 12.5. The van der Waals surface area contributed by atoms with Gasteiger partial charge in [-0.2, -0.15) is 5.10 Å². The molecule has 102 valence electrons. The number of anilines is 1. The lowest BCUT2D eigenvalue weighted by Crippen LogP contribution is -1.97. The van der Waals surface area contributed by atoms with Crippen molar-refractivity contribution in [3.05, 3.63) is 52.3 Å². The summed E-state index contributed by atoms with van der Waals surface area (Å²) < 4.78 is 2.13. The van der Waals surface area contributed by atoms with Gasteiger partial charge in [0.15, 0.2) is 4.96 Å². The molecule has 1 aromatic carbocycles. The summed E-state index contributed by atoms with van der Waals surface area (Å²) in [5.41, 5.74) is 8.48. The minimum absolute atomic E-state index is 0.996. The molecule has 0 aliphatic heterocycles. The number of aromatic nitrogens is 2. The average Bonchev–Trinajstić information content (AvgIpc) is 2.93. The van der Waals surface area contributed by atoms with Crippen molar-refractivity contribution in [1.29, 1.82) is 0 Å². The van der Waals surface area contributed by atoms with Crippen LogP contribution in [0, 0.1) is 20.8 Å². The molecule has 5 heteroatoms. The Bertz CT molecular complexity index is 782. The van der Waals surface area contributed by atoms with Crippen molar-refractivity contribution in [2.45, 2.75) is 20.8 Å². The molecule has 3 aromatic rings. The highest BCUT2D eigenvalue weighted by molar-refractivity contribution is 7.15. The van der Waals surface area contributed by atoms with Crippen molar-refractivity contribution in [1.82, 2.24) is 9.38 Å². The van der Waals surface area contributed by atoms with Crippen molar-refractivity contribution in [3.8, 4) is 0 Å². The summed E-state index contributed by atoms with van der Waals surface area (Å²) in [6, 6.07) is 8.09. The Morgan fingerprint density at radius 1 is 1.25 bits per heavy atom. The fourth-order valence-corrected chi connectivity index (χ4v) is 3.06. The number of aryl methyl sites for hydroxylation is 3. The molecule has 4 nitrogen and oxygen atoms in total. The predicted molar refractivity (Wildman–Crippen MR) is 84.9 cm³/mol. The Morgan fingerprint density at radius 2 is 2.05 bits per heavy atom. The van der Waals surface area contributed by atoms with E-state index in [1.54, 1.807) is 11.3 Å². The Labute approximate surface area is 121 Å². The number of hydrazone groups is 1. The van der Waals surface area contributed by atoms with Crippen LogP contribution < -0.4 is 5.43 Å². The standard InChI is InChI=1S/C15H16N4S/c1-10-6-4-5-7-13(10)18-16-8-14-12(3)17-15-19(14)11(2)9-20-15/h4-9,18H,1-3H3. The molecular weight excluding hydrogens is 268 g/mol. The zero-order chi connectivity index (χ0) is 14.1. The van der Waals surface area contributed by atoms with E-state index in [9.17, 15) is 0 Å². The van der Waals surface area contributed by atoms with Crippen LogP contribution in [0.3, 0.4) is 0 Å². The molecule has 3 rings (SSSR count). The van der Waals surface area contributed by atoms with Gasteiger partial charge in [0.25, 0.3) is 0 Å². The van der Waals surface area contributed by atoms with E-state index in [2.05, 4.69) is 45.2 Å². The molecule has 0 bridgehead atoms. The minimum atomic E-state index is 0.996. The second kappa shape index (κ2) is 5.09. The first kappa shape index (κ1) is 12.9. The van der Waals surface area contributed by atoms with Gasteiger partial charge in [-0.1, -0.05) is 18.2 Å². The number of benzene rings is 1. The number of thiazole rings is 1. The number of para-hydroxylation sites is 1. The molecule has 0 fully saturated rings. The maximum absolute atomic E-state index is 4.54. The Hall–Kier alpha value is -2.14. The van der Waals surface area contributed by atoms with E-state index < -0.39 is 0 Å². The molecule has 0 saturated carbocycles. The van der Waals surface area contributed by atoms with Crippen LogP contribution in [0.25, 0.3) is 4.96 Å². The molecule has 0 spiro atoms. The van der Waals surface area contributed by atoms with Crippen LogP contribution in [-0.4, -0.2) is 15.6 Å². The molecule has 20 heavy (non-hydrogen) atoms. The molecule has 0 aliphatic carbocycles. The number of nitrogens with one attached hydrogen (secondary N) is 1. The van der Waals surface area contributed by atoms with E-state index in [0.29, 0.717) is 0 Å². The fourth-order valence-electron chi connectivity index (χ4n) is 2.14. The molecule has 0 saturated heterocycles. The van der Waals surface area contributed by atoms with Crippen LogP contribution in [0.1, 0.15) is 22.6 Å². The molecule has 2 heterocycles. The van der Waals surface area contributed by atoms with Crippen molar-refractivity contribution >= 4 is 28.2 Å². The second-order valence-corrected chi connectivity index (χ2v) is 5.60. The monoisotopic (exact) mass is 284 g/mol. The van der Waals surface area contributed by atoms with E-state index in [1.807, 2.05) is 31.3 Å². The van der Waals surface area contributed by atoms with Gasteiger partial charge in [0.2, 0.25) is 0 Å². The van der Waals surface area contributed by atoms with Crippen LogP contribution in [0.2, 0.25) is 0 Å². The SMILES string of the molecule is Cc1ccccc1NN=Cc1c(C)nc2scc(C)n12. The highest BCUT2D eigenvalue weighted by Gasteiger charge is 2.09. The maximum atomic E-state index is 4.54. The first-order chi connectivity index (χ1) is 9.66. The van der Waals surface area contributed by atoms with Gasteiger partial charge in [0, 0.05) is 11.1 Å². The predicted octanol–water partition coefficient (Wildman–Crippen LogP) is 3.77. The molecule has 1 N–H and O–H groups in total. The lowest BCUT2D eigenvalue weighted by atomic mass is 10.2. The quantitative estimate of drug-likeness (QED) is 0.587. The van der Waals surface area contributed by atoms with Crippen molar-refractivity contribution in [2.75, 3.05) is 5.43 Å². The minimum Gasteiger partial charge on any atom is -0.286 e. The highest BCUT2D eigenvalue weighted by atomic mass is 32.1. The first-order valence-corrected chi connectivity index (χ1v) is 7.32. The van der Waals surface area contributed by atoms with Crippen LogP contribution in [-0.2, 0) is 0 Å². The van der Waals surface area contributed by atoms with Crippen molar-refractivity contribution < 1.29 is 0 Å². The Kier molecular flexibility index (Phi) is 3.28. The van der Waals surface area contributed by atoms with Crippen LogP contribution in [0.15, 0.2) is 34.7 Å². The van der Waals surface area contributed by atoms with E-state index in [1.165, 1.54) is 11.3 Å². The molecule has 2 aromatic heterocycles. The Balaban J connectivity index is 1.90. The summed E-state index contributed by atoms with van der Waals surface area (Å²) in [6.45, 7) is 6.15. The van der Waals surface area contributed by atoms with Gasteiger partial charge in [-0.15, -0.1) is 11.3 Å². The third kappa shape index (κ3) is 2.20. The third-order valence-electron chi connectivity index (χ3n) is 3.27. The van der Waals surface area contributed by atoms with E-state index in [4.69, 9.17) is 0 Å². The molecule has 0 unspecified atom stereocenters. The number of nitrogens with zero attached hydrogens (tertiary/aromatic N) is 3. The second-order valence-electron chi connectivity index (χ2n) is 4.76. The number of rotatable bonds is 3. The summed E-state index contributed by atoms with van der Waals surface area (Å²) >= 11 is 1.65. The summed E-state index contributed by atoms with van der Waals surface area (Å²) in [5, 5.41) is 6.45. The summed E-state index contributed by atoms with van der Waals surface area (Å²) in [7, 11) is 0. The normalized spacial score (nSPS) is 11.6. The number of imidazole rings is 1. The van der Waals surface area contributed by atoms with Crippen molar-refractivity contribution in [3.63, 3.8) is 0 Å².